The topological polar surface area (TPSA) is 85.8 Å². The average Bonchev–Trinajstić information content (AvgIpc) is 3.38. The van der Waals surface area contributed by atoms with Crippen LogP contribution in [0.25, 0.3) is 11.6 Å². The van der Waals surface area contributed by atoms with Crippen LogP contribution >= 0.6 is 23.4 Å². The summed E-state index contributed by atoms with van der Waals surface area (Å²) in [6.45, 7) is 0. The zero-order chi connectivity index (χ0) is 19.3. The smallest absolute Gasteiger partial charge is 0.236 e. The van der Waals surface area contributed by atoms with Crippen molar-refractivity contribution in [3.63, 3.8) is 0 Å². The van der Waals surface area contributed by atoms with E-state index in [0.29, 0.717) is 22.6 Å². The standard InChI is InChI=1S/C19H20ClN5O2S/c20-13-8-9-16(21-11-13)22-17(26)12-28-19-24-23-18(15-7-4-10-27-15)25(19)14-5-2-1-3-6-14/h4,7-11,14H,1-3,5-6,12H2,(H,21,22,26). The van der Waals surface area contributed by atoms with Crippen molar-refractivity contribution in [1.82, 2.24) is 19.7 Å². The Morgan fingerprint density at radius 1 is 1.25 bits per heavy atom. The van der Waals surface area contributed by atoms with Crippen LogP contribution in [0.2, 0.25) is 5.02 Å². The Labute approximate surface area is 171 Å². The van der Waals surface area contributed by atoms with E-state index >= 15 is 0 Å². The lowest BCUT2D eigenvalue weighted by atomic mass is 9.95. The van der Waals surface area contributed by atoms with Crippen LogP contribution in [0.4, 0.5) is 5.82 Å². The Morgan fingerprint density at radius 3 is 2.82 bits per heavy atom. The molecule has 146 valence electrons. The molecule has 0 unspecified atom stereocenters. The van der Waals surface area contributed by atoms with Crippen molar-refractivity contribution in [1.29, 1.82) is 0 Å². The van der Waals surface area contributed by atoms with E-state index in [2.05, 4.69) is 25.1 Å². The molecule has 0 radical (unpaired) electrons. The maximum Gasteiger partial charge on any atom is 0.236 e. The normalized spacial score (nSPS) is 14.9. The molecule has 4 rings (SSSR count). The summed E-state index contributed by atoms with van der Waals surface area (Å²) in [6.07, 6.45) is 8.93. The van der Waals surface area contributed by atoms with Crippen molar-refractivity contribution >= 4 is 35.1 Å². The Kier molecular flexibility index (Phi) is 5.97. The number of carbonyl (C=O) groups is 1. The molecule has 1 N–H and O–H groups in total. The van der Waals surface area contributed by atoms with E-state index in [1.54, 1.807) is 18.4 Å². The maximum absolute atomic E-state index is 12.3. The lowest BCUT2D eigenvalue weighted by Gasteiger charge is -2.25. The van der Waals surface area contributed by atoms with Crippen molar-refractivity contribution < 1.29 is 9.21 Å². The molecule has 0 bridgehead atoms. The summed E-state index contributed by atoms with van der Waals surface area (Å²) >= 11 is 7.19. The van der Waals surface area contributed by atoms with E-state index < -0.39 is 0 Å². The van der Waals surface area contributed by atoms with Crippen molar-refractivity contribution in [3.05, 3.63) is 41.7 Å². The van der Waals surface area contributed by atoms with E-state index in [-0.39, 0.29) is 11.7 Å². The second-order valence-corrected chi connectivity index (χ2v) is 8.02. The molecule has 7 nitrogen and oxygen atoms in total. The summed E-state index contributed by atoms with van der Waals surface area (Å²) in [5.74, 6) is 1.95. The molecule has 0 atom stereocenters. The van der Waals surface area contributed by atoms with Crippen LogP contribution in [0.15, 0.2) is 46.3 Å². The van der Waals surface area contributed by atoms with Crippen LogP contribution in [0.3, 0.4) is 0 Å². The van der Waals surface area contributed by atoms with Crippen LogP contribution in [0.1, 0.15) is 38.1 Å². The molecular formula is C19H20ClN5O2S. The summed E-state index contributed by atoms with van der Waals surface area (Å²) in [4.78, 5) is 16.4. The quantitative estimate of drug-likeness (QED) is 0.578. The van der Waals surface area contributed by atoms with Gasteiger partial charge in [0.15, 0.2) is 10.9 Å². The molecule has 1 aliphatic carbocycles. The van der Waals surface area contributed by atoms with E-state index in [1.807, 2.05) is 12.1 Å². The Balaban J connectivity index is 1.49. The van der Waals surface area contributed by atoms with Gasteiger partial charge in [-0.25, -0.2) is 4.98 Å². The van der Waals surface area contributed by atoms with Crippen molar-refractivity contribution in [2.45, 2.75) is 43.3 Å². The van der Waals surface area contributed by atoms with E-state index in [0.717, 1.165) is 23.8 Å². The highest BCUT2D eigenvalue weighted by atomic mass is 35.5. The van der Waals surface area contributed by atoms with Gasteiger partial charge in [-0.05, 0) is 37.1 Å². The molecule has 3 aromatic heterocycles. The number of pyridine rings is 1. The minimum absolute atomic E-state index is 0.155. The number of furan rings is 1. The molecule has 0 aromatic carbocycles. The number of thioether (sulfide) groups is 1. The van der Waals surface area contributed by atoms with Gasteiger partial charge >= 0.3 is 0 Å². The predicted molar refractivity (Wildman–Crippen MR) is 108 cm³/mol. The number of aromatic nitrogens is 4. The number of nitrogens with zero attached hydrogens (tertiary/aromatic N) is 4. The first-order valence-electron chi connectivity index (χ1n) is 9.23. The minimum atomic E-state index is -0.155. The number of hydrogen-bond acceptors (Lipinski definition) is 6. The number of anilines is 1. The molecule has 0 aliphatic heterocycles. The fraction of sp³-hybridized carbons (Fsp3) is 0.368. The van der Waals surface area contributed by atoms with Crippen LogP contribution in [-0.4, -0.2) is 31.4 Å². The fourth-order valence-corrected chi connectivity index (χ4v) is 4.29. The van der Waals surface area contributed by atoms with Gasteiger partial charge in [0.1, 0.15) is 5.82 Å². The molecule has 3 aromatic rings. The number of rotatable bonds is 6. The summed E-state index contributed by atoms with van der Waals surface area (Å²) in [5, 5.41) is 12.7. The SMILES string of the molecule is O=C(CSc1nnc(-c2ccco2)n1C1CCCCC1)Nc1ccc(Cl)cn1. The first-order chi connectivity index (χ1) is 13.7. The molecular weight excluding hydrogens is 398 g/mol. The summed E-state index contributed by atoms with van der Waals surface area (Å²) in [7, 11) is 0. The highest BCUT2D eigenvalue weighted by Crippen LogP contribution is 2.35. The van der Waals surface area contributed by atoms with Gasteiger partial charge in [-0.1, -0.05) is 42.6 Å². The number of hydrogen-bond donors (Lipinski definition) is 1. The predicted octanol–water partition coefficient (Wildman–Crippen LogP) is 4.82. The van der Waals surface area contributed by atoms with Crippen LogP contribution in [0.5, 0.6) is 0 Å². The minimum Gasteiger partial charge on any atom is -0.461 e. The Morgan fingerprint density at radius 2 is 2.11 bits per heavy atom. The van der Waals surface area contributed by atoms with Crippen molar-refractivity contribution in [2.24, 2.45) is 0 Å². The number of halogens is 1. The maximum atomic E-state index is 12.3. The average molecular weight is 418 g/mol. The van der Waals surface area contributed by atoms with Gasteiger partial charge in [-0.3, -0.25) is 9.36 Å². The van der Waals surface area contributed by atoms with E-state index in [4.69, 9.17) is 16.0 Å². The zero-order valence-corrected chi connectivity index (χ0v) is 16.7. The highest BCUT2D eigenvalue weighted by molar-refractivity contribution is 7.99. The first kappa shape index (κ1) is 19.0. The van der Waals surface area contributed by atoms with Crippen LogP contribution in [-0.2, 0) is 4.79 Å². The van der Waals surface area contributed by atoms with Crippen molar-refractivity contribution in [2.75, 3.05) is 11.1 Å². The highest BCUT2D eigenvalue weighted by Gasteiger charge is 2.25. The monoisotopic (exact) mass is 417 g/mol. The molecule has 3 heterocycles. The van der Waals surface area contributed by atoms with Crippen LogP contribution in [0, 0.1) is 0 Å². The summed E-state index contributed by atoms with van der Waals surface area (Å²) in [6, 6.07) is 7.41. The van der Waals surface area contributed by atoms with Gasteiger partial charge in [0.25, 0.3) is 0 Å². The van der Waals surface area contributed by atoms with Crippen molar-refractivity contribution in [3.8, 4) is 11.6 Å². The largest absolute Gasteiger partial charge is 0.461 e. The second-order valence-electron chi connectivity index (χ2n) is 6.64. The number of carbonyl (C=O) groups excluding carboxylic acids is 1. The third-order valence-electron chi connectivity index (χ3n) is 4.67. The van der Waals surface area contributed by atoms with Crippen LogP contribution < -0.4 is 5.32 Å². The summed E-state index contributed by atoms with van der Waals surface area (Å²) < 4.78 is 7.68. The van der Waals surface area contributed by atoms with Gasteiger partial charge in [0.2, 0.25) is 11.7 Å². The van der Waals surface area contributed by atoms with Gasteiger partial charge in [-0.2, -0.15) is 0 Å². The first-order valence-corrected chi connectivity index (χ1v) is 10.6. The van der Waals surface area contributed by atoms with E-state index in [9.17, 15) is 4.79 Å². The molecule has 9 heteroatoms. The van der Waals surface area contributed by atoms with Gasteiger partial charge < -0.3 is 9.73 Å². The third-order valence-corrected chi connectivity index (χ3v) is 5.84. The second kappa shape index (κ2) is 8.79. The summed E-state index contributed by atoms with van der Waals surface area (Å²) in [5.41, 5.74) is 0. The fourth-order valence-electron chi connectivity index (χ4n) is 3.38. The molecule has 1 aliphatic rings. The molecule has 1 fully saturated rings. The molecule has 28 heavy (non-hydrogen) atoms. The molecule has 0 spiro atoms. The zero-order valence-electron chi connectivity index (χ0n) is 15.2. The van der Waals surface area contributed by atoms with E-state index in [1.165, 1.54) is 37.2 Å². The Hall–Kier alpha value is -2.32. The van der Waals surface area contributed by atoms with Gasteiger partial charge in [-0.15, -0.1) is 10.2 Å². The lowest BCUT2D eigenvalue weighted by Crippen LogP contribution is -2.17. The third kappa shape index (κ3) is 4.39. The Bertz CT molecular complexity index is 920. The molecule has 0 saturated heterocycles. The lowest BCUT2D eigenvalue weighted by molar-refractivity contribution is -0.113. The van der Waals surface area contributed by atoms with Gasteiger partial charge in [0.05, 0.1) is 17.0 Å². The molecule has 1 amide bonds. The van der Waals surface area contributed by atoms with Gasteiger partial charge in [0, 0.05) is 12.2 Å². The number of amides is 1. The number of nitrogens with one attached hydrogen (secondary N) is 1. The molecule has 1 saturated carbocycles.